The molecular weight excluding hydrogens is 202 g/mol. The number of carbonyl (C=O) groups is 3. The van der Waals surface area contributed by atoms with Gasteiger partial charge in [-0.1, -0.05) is 6.07 Å². The van der Waals surface area contributed by atoms with Gasteiger partial charge in [0.15, 0.2) is 0 Å². The Morgan fingerprint density at radius 1 is 1.00 bits per heavy atom. The third-order valence-corrected chi connectivity index (χ3v) is 1.77. The van der Waals surface area contributed by atoms with Gasteiger partial charge in [-0.15, -0.1) is 0 Å². The van der Waals surface area contributed by atoms with E-state index in [-0.39, 0.29) is 5.56 Å². The van der Waals surface area contributed by atoms with Crippen molar-refractivity contribution in [1.82, 2.24) is 0 Å². The highest BCUT2D eigenvalue weighted by molar-refractivity contribution is 6.10. The summed E-state index contributed by atoms with van der Waals surface area (Å²) < 4.78 is 0. The molecule has 0 heterocycles. The number of aromatic carboxylic acids is 2. The van der Waals surface area contributed by atoms with Crippen LogP contribution in [0.15, 0.2) is 18.2 Å². The molecule has 0 aliphatic rings. The SMILES string of the molecule is NC(=O)c1cccc(C(=O)O)c1C(=O)O. The minimum Gasteiger partial charge on any atom is -0.478 e. The number of amides is 1. The molecule has 1 rings (SSSR count). The number of hydrogen-bond donors (Lipinski definition) is 3. The number of hydrogen-bond acceptors (Lipinski definition) is 3. The third-order valence-electron chi connectivity index (χ3n) is 1.77. The van der Waals surface area contributed by atoms with Crippen LogP contribution in [0, 0.1) is 0 Å². The van der Waals surface area contributed by atoms with E-state index >= 15 is 0 Å². The van der Waals surface area contributed by atoms with Crippen LogP contribution in [0.1, 0.15) is 31.1 Å². The molecule has 0 atom stereocenters. The molecule has 0 radical (unpaired) electrons. The van der Waals surface area contributed by atoms with Crippen molar-refractivity contribution in [2.24, 2.45) is 5.73 Å². The second-order valence-electron chi connectivity index (χ2n) is 2.70. The van der Waals surface area contributed by atoms with Crippen LogP contribution < -0.4 is 5.73 Å². The van der Waals surface area contributed by atoms with Crippen molar-refractivity contribution >= 4 is 17.8 Å². The first-order chi connectivity index (χ1) is 6.95. The Morgan fingerprint density at radius 3 is 1.93 bits per heavy atom. The summed E-state index contributed by atoms with van der Waals surface area (Å²) in [5.41, 5.74) is 3.56. The first kappa shape index (κ1) is 10.7. The Hall–Kier alpha value is -2.37. The summed E-state index contributed by atoms with van der Waals surface area (Å²) in [6.07, 6.45) is 0. The average molecular weight is 209 g/mol. The molecule has 4 N–H and O–H groups in total. The summed E-state index contributed by atoms with van der Waals surface area (Å²) in [5.74, 6) is -3.90. The highest BCUT2D eigenvalue weighted by atomic mass is 16.4. The maximum Gasteiger partial charge on any atom is 0.337 e. The van der Waals surface area contributed by atoms with Crippen molar-refractivity contribution in [3.8, 4) is 0 Å². The van der Waals surface area contributed by atoms with Gasteiger partial charge in [0.1, 0.15) is 0 Å². The van der Waals surface area contributed by atoms with Gasteiger partial charge in [-0.2, -0.15) is 0 Å². The fourth-order valence-electron chi connectivity index (χ4n) is 1.17. The third kappa shape index (κ3) is 1.93. The second-order valence-corrected chi connectivity index (χ2v) is 2.70. The Labute approximate surface area is 83.9 Å². The highest BCUT2D eigenvalue weighted by Crippen LogP contribution is 2.14. The van der Waals surface area contributed by atoms with Crippen LogP contribution in [0.25, 0.3) is 0 Å². The fraction of sp³-hybridized carbons (Fsp3) is 0. The molecular formula is C9H7NO5. The number of carbonyl (C=O) groups excluding carboxylic acids is 1. The normalized spacial score (nSPS) is 9.60. The maximum atomic E-state index is 10.9. The Bertz CT molecular complexity index is 420. The monoisotopic (exact) mass is 209 g/mol. The zero-order chi connectivity index (χ0) is 11.6. The molecule has 0 unspecified atom stereocenters. The number of nitrogens with two attached hydrogens (primary N) is 1. The maximum absolute atomic E-state index is 10.9. The molecule has 78 valence electrons. The van der Waals surface area contributed by atoms with Crippen LogP contribution in [-0.2, 0) is 0 Å². The predicted octanol–water partition coefficient (Wildman–Crippen LogP) is 0.182. The van der Waals surface area contributed by atoms with E-state index < -0.39 is 29.0 Å². The van der Waals surface area contributed by atoms with Crippen LogP contribution in [-0.4, -0.2) is 28.1 Å². The summed E-state index contributed by atoms with van der Waals surface area (Å²) in [7, 11) is 0. The van der Waals surface area contributed by atoms with E-state index in [4.69, 9.17) is 15.9 Å². The second kappa shape index (κ2) is 3.79. The number of carboxylic acid groups (broad SMARTS) is 2. The fourth-order valence-corrected chi connectivity index (χ4v) is 1.17. The number of benzene rings is 1. The predicted molar refractivity (Wildman–Crippen MR) is 48.9 cm³/mol. The van der Waals surface area contributed by atoms with E-state index in [0.717, 1.165) is 12.1 Å². The topological polar surface area (TPSA) is 118 Å². The van der Waals surface area contributed by atoms with Crippen LogP contribution in [0.3, 0.4) is 0 Å². The molecule has 0 aliphatic heterocycles. The van der Waals surface area contributed by atoms with Gasteiger partial charge in [0.25, 0.3) is 0 Å². The summed E-state index contributed by atoms with van der Waals surface area (Å²) in [6, 6.07) is 3.52. The molecule has 0 saturated carbocycles. The van der Waals surface area contributed by atoms with Crippen LogP contribution in [0.4, 0.5) is 0 Å². The minimum atomic E-state index is -1.50. The molecule has 6 heteroatoms. The van der Waals surface area contributed by atoms with Gasteiger partial charge >= 0.3 is 11.9 Å². The van der Waals surface area contributed by atoms with Gasteiger partial charge in [-0.3, -0.25) is 4.79 Å². The van der Waals surface area contributed by atoms with Crippen molar-refractivity contribution in [3.63, 3.8) is 0 Å². The zero-order valence-corrected chi connectivity index (χ0v) is 7.43. The van der Waals surface area contributed by atoms with Gasteiger partial charge in [0.05, 0.1) is 16.7 Å². The van der Waals surface area contributed by atoms with Crippen LogP contribution >= 0.6 is 0 Å². The van der Waals surface area contributed by atoms with Gasteiger partial charge < -0.3 is 15.9 Å². The smallest absolute Gasteiger partial charge is 0.337 e. The van der Waals surface area contributed by atoms with E-state index in [1.165, 1.54) is 6.07 Å². The van der Waals surface area contributed by atoms with Crippen molar-refractivity contribution in [2.75, 3.05) is 0 Å². The summed E-state index contributed by atoms with van der Waals surface area (Å²) >= 11 is 0. The van der Waals surface area contributed by atoms with Gasteiger partial charge in [-0.25, -0.2) is 9.59 Å². The summed E-state index contributed by atoms with van der Waals surface area (Å²) in [6.45, 7) is 0. The Kier molecular flexibility index (Phi) is 2.70. The van der Waals surface area contributed by atoms with Crippen molar-refractivity contribution in [3.05, 3.63) is 34.9 Å². The molecule has 0 bridgehead atoms. The minimum absolute atomic E-state index is 0.317. The van der Waals surface area contributed by atoms with Gasteiger partial charge in [0.2, 0.25) is 5.91 Å². The molecule has 6 nitrogen and oxygen atoms in total. The molecule has 0 aliphatic carbocycles. The van der Waals surface area contributed by atoms with E-state index in [0.29, 0.717) is 0 Å². The molecule has 1 aromatic rings. The Balaban J connectivity index is 3.56. The Morgan fingerprint density at radius 2 is 1.53 bits per heavy atom. The lowest BCUT2D eigenvalue weighted by Gasteiger charge is -2.05. The first-order valence-corrected chi connectivity index (χ1v) is 3.84. The molecule has 1 amide bonds. The number of primary amides is 1. The van der Waals surface area contributed by atoms with E-state index in [1.807, 2.05) is 0 Å². The summed E-state index contributed by atoms with van der Waals surface area (Å²) in [5, 5.41) is 17.5. The lowest BCUT2D eigenvalue weighted by Crippen LogP contribution is -2.19. The summed E-state index contributed by atoms with van der Waals surface area (Å²) in [4.78, 5) is 32.3. The van der Waals surface area contributed by atoms with Gasteiger partial charge in [0, 0.05) is 0 Å². The largest absolute Gasteiger partial charge is 0.478 e. The van der Waals surface area contributed by atoms with Crippen LogP contribution in [0.5, 0.6) is 0 Å². The van der Waals surface area contributed by atoms with Crippen LogP contribution in [0.2, 0.25) is 0 Å². The number of rotatable bonds is 3. The average Bonchev–Trinajstić information content (AvgIpc) is 2.16. The molecule has 15 heavy (non-hydrogen) atoms. The lowest BCUT2D eigenvalue weighted by atomic mass is 10.0. The molecule has 0 spiro atoms. The standard InChI is InChI=1S/C9H7NO5/c10-7(11)4-2-1-3-5(8(12)13)6(4)9(14)15/h1-3H,(H2,10,11)(H,12,13)(H,14,15). The zero-order valence-electron chi connectivity index (χ0n) is 7.43. The molecule has 0 fully saturated rings. The molecule has 1 aromatic carbocycles. The van der Waals surface area contributed by atoms with Crippen molar-refractivity contribution in [2.45, 2.75) is 0 Å². The van der Waals surface area contributed by atoms with Crippen molar-refractivity contribution < 1.29 is 24.6 Å². The highest BCUT2D eigenvalue weighted by Gasteiger charge is 2.21. The van der Waals surface area contributed by atoms with E-state index in [2.05, 4.69) is 0 Å². The van der Waals surface area contributed by atoms with Gasteiger partial charge in [-0.05, 0) is 12.1 Å². The first-order valence-electron chi connectivity index (χ1n) is 3.84. The lowest BCUT2D eigenvalue weighted by molar-refractivity contribution is 0.0649. The molecule has 0 aromatic heterocycles. The quantitative estimate of drug-likeness (QED) is 0.656. The van der Waals surface area contributed by atoms with E-state index in [1.54, 1.807) is 0 Å². The van der Waals surface area contributed by atoms with Crippen molar-refractivity contribution in [1.29, 1.82) is 0 Å². The molecule has 0 saturated heterocycles. The number of carboxylic acids is 2. The van der Waals surface area contributed by atoms with E-state index in [9.17, 15) is 14.4 Å².